The van der Waals surface area contributed by atoms with Crippen LogP contribution in [0.25, 0.3) is 16.3 Å². The Morgan fingerprint density at radius 1 is 1.34 bits per heavy atom. The fourth-order valence-corrected chi connectivity index (χ4v) is 4.37. The van der Waals surface area contributed by atoms with Crippen LogP contribution < -0.4 is 4.90 Å². The summed E-state index contributed by atoms with van der Waals surface area (Å²) in [6.45, 7) is 1.14. The molecule has 0 radical (unpaired) electrons. The molecule has 4 aromatic rings. The molecular weight excluding hydrogens is 399 g/mol. The van der Waals surface area contributed by atoms with Gasteiger partial charge >= 0.3 is 5.82 Å². The van der Waals surface area contributed by atoms with Crippen LogP contribution in [-0.4, -0.2) is 37.5 Å². The number of fused-ring (bicyclic) bond motifs is 1. The second-order valence-corrected chi connectivity index (χ2v) is 7.70. The molecule has 0 bridgehead atoms. The van der Waals surface area contributed by atoms with Gasteiger partial charge < -0.3 is 19.5 Å². The van der Waals surface area contributed by atoms with Crippen molar-refractivity contribution in [3.63, 3.8) is 0 Å². The Bertz CT molecular complexity index is 1200. The van der Waals surface area contributed by atoms with Crippen LogP contribution in [0.3, 0.4) is 0 Å². The van der Waals surface area contributed by atoms with E-state index >= 15 is 0 Å². The van der Waals surface area contributed by atoms with Crippen molar-refractivity contribution in [2.45, 2.75) is 18.8 Å². The Kier molecular flexibility index (Phi) is 4.23. The quantitative estimate of drug-likeness (QED) is 0.369. The topological polar surface area (TPSA) is 103 Å². The van der Waals surface area contributed by atoms with Gasteiger partial charge in [0.15, 0.2) is 0 Å². The van der Waals surface area contributed by atoms with Crippen LogP contribution in [0.1, 0.15) is 24.7 Å². The van der Waals surface area contributed by atoms with Crippen molar-refractivity contribution < 1.29 is 13.8 Å². The first-order valence-corrected chi connectivity index (χ1v) is 9.92. The third-order valence-electron chi connectivity index (χ3n) is 4.99. The van der Waals surface area contributed by atoms with E-state index in [1.807, 2.05) is 4.90 Å². The molecule has 0 amide bonds. The first-order chi connectivity index (χ1) is 14.1. The molecule has 5 rings (SSSR count). The number of benzene rings is 1. The Morgan fingerprint density at radius 2 is 2.24 bits per heavy atom. The van der Waals surface area contributed by atoms with E-state index in [1.54, 1.807) is 23.7 Å². The van der Waals surface area contributed by atoms with E-state index in [2.05, 4.69) is 15.1 Å². The number of hydrogen-bond donors (Lipinski definition) is 0. The van der Waals surface area contributed by atoms with Gasteiger partial charge in [-0.15, -0.1) is 0 Å². The van der Waals surface area contributed by atoms with Gasteiger partial charge in [0, 0.05) is 24.0 Å². The molecule has 0 aliphatic carbocycles. The fourth-order valence-electron chi connectivity index (χ4n) is 3.66. The maximum absolute atomic E-state index is 13.5. The number of piperidine rings is 1. The normalized spacial score (nSPS) is 17.1. The van der Waals surface area contributed by atoms with Gasteiger partial charge in [0.25, 0.3) is 4.96 Å². The largest absolute Gasteiger partial charge is 0.373 e. The number of halogens is 1. The molecule has 1 unspecified atom stereocenters. The minimum atomic E-state index is -0.402. The molecule has 1 atom stereocenters. The second-order valence-electron chi connectivity index (χ2n) is 6.82. The predicted octanol–water partition coefficient (Wildman–Crippen LogP) is 3.88. The molecule has 0 spiro atoms. The monoisotopic (exact) mass is 414 g/mol. The van der Waals surface area contributed by atoms with E-state index in [0.717, 1.165) is 12.8 Å². The van der Waals surface area contributed by atoms with Gasteiger partial charge in [0.2, 0.25) is 17.5 Å². The molecule has 0 saturated carbocycles. The average Bonchev–Trinajstić information content (AvgIpc) is 3.43. The fraction of sp³-hybridized carbons (Fsp3) is 0.278. The highest BCUT2D eigenvalue weighted by molar-refractivity contribution is 7.15. The molecule has 0 N–H and O–H groups in total. The molecule has 1 aliphatic heterocycles. The van der Waals surface area contributed by atoms with Crippen LogP contribution in [0, 0.1) is 15.9 Å². The summed E-state index contributed by atoms with van der Waals surface area (Å²) in [6, 6.07) is 6.01. The molecule has 1 saturated heterocycles. The van der Waals surface area contributed by atoms with E-state index < -0.39 is 4.92 Å². The van der Waals surface area contributed by atoms with Gasteiger partial charge in [0.1, 0.15) is 12.0 Å². The maximum atomic E-state index is 13.5. The number of anilines is 1. The molecule has 29 heavy (non-hydrogen) atoms. The Hall–Kier alpha value is -3.34. The van der Waals surface area contributed by atoms with Crippen LogP contribution in [0.15, 0.2) is 40.4 Å². The van der Waals surface area contributed by atoms with Crippen molar-refractivity contribution in [1.29, 1.82) is 0 Å². The average molecular weight is 414 g/mol. The summed E-state index contributed by atoms with van der Waals surface area (Å²) in [6.07, 6.45) is 3.28. The van der Waals surface area contributed by atoms with Gasteiger partial charge in [0.05, 0.1) is 5.92 Å². The van der Waals surface area contributed by atoms with Gasteiger partial charge in [-0.2, -0.15) is 14.4 Å². The highest BCUT2D eigenvalue weighted by atomic mass is 32.1. The third-order valence-corrected chi connectivity index (χ3v) is 5.74. The smallest absolute Gasteiger partial charge is 0.358 e. The molecular formula is C18H15FN6O3S. The zero-order valence-corrected chi connectivity index (χ0v) is 15.9. The lowest BCUT2D eigenvalue weighted by molar-refractivity contribution is -0.389. The van der Waals surface area contributed by atoms with Crippen molar-refractivity contribution >= 4 is 27.9 Å². The van der Waals surface area contributed by atoms with E-state index in [9.17, 15) is 14.5 Å². The Morgan fingerprint density at radius 3 is 3.07 bits per heavy atom. The standard InChI is InChI=1S/C18H15FN6O3S/c19-13-5-1-3-11(9-13)14-20-16(28-22-14)12-4-2-6-23(10-12)15-17(25(26)27)24-7-8-29-18(24)21-15/h1,3,5,7-9,12H,2,4,6,10H2. The minimum Gasteiger partial charge on any atom is -0.358 e. The lowest BCUT2D eigenvalue weighted by Crippen LogP contribution is -2.35. The summed E-state index contributed by atoms with van der Waals surface area (Å²) in [4.78, 5) is 22.6. The molecule has 4 heterocycles. The van der Waals surface area contributed by atoms with Gasteiger partial charge in [-0.05, 0) is 29.9 Å². The van der Waals surface area contributed by atoms with Crippen LogP contribution in [0.5, 0.6) is 0 Å². The number of rotatable bonds is 4. The molecule has 11 heteroatoms. The summed E-state index contributed by atoms with van der Waals surface area (Å²) in [5, 5.41) is 17.4. The van der Waals surface area contributed by atoms with E-state index in [1.165, 1.54) is 27.9 Å². The lowest BCUT2D eigenvalue weighted by Gasteiger charge is -2.30. The number of aromatic nitrogens is 4. The summed E-state index contributed by atoms with van der Waals surface area (Å²) in [5.41, 5.74) is 0.539. The van der Waals surface area contributed by atoms with Crippen LogP contribution >= 0.6 is 11.3 Å². The number of nitro groups is 1. The molecule has 3 aromatic heterocycles. The van der Waals surface area contributed by atoms with Crippen molar-refractivity contribution in [3.05, 3.63) is 57.7 Å². The van der Waals surface area contributed by atoms with Crippen LogP contribution in [0.2, 0.25) is 0 Å². The van der Waals surface area contributed by atoms with Crippen molar-refractivity contribution in [1.82, 2.24) is 19.5 Å². The maximum Gasteiger partial charge on any atom is 0.373 e. The van der Waals surface area contributed by atoms with Crippen molar-refractivity contribution in [2.75, 3.05) is 18.0 Å². The summed E-state index contributed by atoms with van der Waals surface area (Å²) in [7, 11) is 0. The highest BCUT2D eigenvalue weighted by Crippen LogP contribution is 2.36. The Balaban J connectivity index is 1.43. The molecule has 9 nitrogen and oxygen atoms in total. The zero-order chi connectivity index (χ0) is 20.0. The molecule has 1 aliphatic rings. The Labute approximate surface area is 167 Å². The summed E-state index contributed by atoms with van der Waals surface area (Å²) in [5.74, 6) is 0.634. The predicted molar refractivity (Wildman–Crippen MR) is 104 cm³/mol. The first-order valence-electron chi connectivity index (χ1n) is 9.04. The number of hydrogen-bond acceptors (Lipinski definition) is 8. The van der Waals surface area contributed by atoms with Crippen LogP contribution in [-0.2, 0) is 0 Å². The minimum absolute atomic E-state index is 0.0344. The van der Waals surface area contributed by atoms with Crippen molar-refractivity contribution in [3.8, 4) is 11.4 Å². The first kappa shape index (κ1) is 17.7. The van der Waals surface area contributed by atoms with Gasteiger partial charge in [-0.1, -0.05) is 28.6 Å². The van der Waals surface area contributed by atoms with E-state index in [-0.39, 0.29) is 17.6 Å². The van der Waals surface area contributed by atoms with Crippen LogP contribution in [0.4, 0.5) is 16.0 Å². The lowest BCUT2D eigenvalue weighted by atomic mass is 9.98. The van der Waals surface area contributed by atoms with Gasteiger partial charge in [-0.25, -0.2) is 4.39 Å². The molecule has 148 valence electrons. The highest BCUT2D eigenvalue weighted by Gasteiger charge is 2.33. The third kappa shape index (κ3) is 3.12. The summed E-state index contributed by atoms with van der Waals surface area (Å²) < 4.78 is 20.4. The zero-order valence-electron chi connectivity index (χ0n) is 15.1. The van der Waals surface area contributed by atoms with E-state index in [4.69, 9.17) is 4.52 Å². The van der Waals surface area contributed by atoms with Gasteiger partial charge in [-0.3, -0.25) is 0 Å². The number of imidazole rings is 1. The number of thiazole rings is 1. The second kappa shape index (κ2) is 6.92. The molecule has 1 fully saturated rings. The summed E-state index contributed by atoms with van der Waals surface area (Å²) >= 11 is 1.35. The SMILES string of the molecule is O=[N+]([O-])c1c(N2CCCC(c3nc(-c4cccc(F)c4)no3)C2)nc2sccn12. The number of nitrogens with zero attached hydrogens (tertiary/aromatic N) is 6. The molecule has 1 aromatic carbocycles. The van der Waals surface area contributed by atoms with Crippen molar-refractivity contribution in [2.24, 2.45) is 0 Å². The van der Waals surface area contributed by atoms with E-state index in [0.29, 0.717) is 41.1 Å².